The summed E-state index contributed by atoms with van der Waals surface area (Å²) in [5, 5.41) is 3.18. The van der Waals surface area contributed by atoms with Crippen molar-refractivity contribution in [1.82, 2.24) is 10.2 Å². The SMILES string of the molecule is CNCC1CCN(C(=O)c2ccc(SC)cc2)C1. The Morgan fingerprint density at radius 1 is 1.44 bits per heavy atom. The van der Waals surface area contributed by atoms with Crippen molar-refractivity contribution < 1.29 is 4.79 Å². The first-order valence-electron chi connectivity index (χ1n) is 6.32. The van der Waals surface area contributed by atoms with Crippen molar-refractivity contribution in [3.63, 3.8) is 0 Å². The lowest BCUT2D eigenvalue weighted by molar-refractivity contribution is 0.0787. The van der Waals surface area contributed by atoms with Crippen molar-refractivity contribution in [2.75, 3.05) is 32.9 Å². The second-order valence-electron chi connectivity index (χ2n) is 4.69. The quantitative estimate of drug-likeness (QED) is 0.845. The first-order chi connectivity index (χ1) is 8.74. The lowest BCUT2D eigenvalue weighted by Crippen LogP contribution is -2.30. The Bertz CT molecular complexity index is 405. The number of benzene rings is 1. The molecule has 3 nitrogen and oxygen atoms in total. The molecule has 1 fully saturated rings. The highest BCUT2D eigenvalue weighted by Gasteiger charge is 2.26. The van der Waals surface area contributed by atoms with Gasteiger partial charge >= 0.3 is 0 Å². The third-order valence-electron chi connectivity index (χ3n) is 3.40. The number of rotatable bonds is 4. The highest BCUT2D eigenvalue weighted by atomic mass is 32.2. The molecule has 1 aromatic carbocycles. The molecular formula is C14H20N2OS. The van der Waals surface area contributed by atoms with Gasteiger partial charge in [-0.05, 0) is 56.5 Å². The number of nitrogens with one attached hydrogen (secondary N) is 1. The Morgan fingerprint density at radius 2 is 2.17 bits per heavy atom. The molecular weight excluding hydrogens is 244 g/mol. The van der Waals surface area contributed by atoms with Crippen LogP contribution in [0.4, 0.5) is 0 Å². The summed E-state index contributed by atoms with van der Waals surface area (Å²) in [6.07, 6.45) is 3.15. The van der Waals surface area contributed by atoms with Crippen LogP contribution < -0.4 is 5.32 Å². The van der Waals surface area contributed by atoms with E-state index in [4.69, 9.17) is 0 Å². The van der Waals surface area contributed by atoms with E-state index < -0.39 is 0 Å². The number of amides is 1. The van der Waals surface area contributed by atoms with E-state index in [9.17, 15) is 4.79 Å². The Labute approximate surface area is 113 Å². The molecule has 1 saturated heterocycles. The minimum atomic E-state index is 0.168. The predicted molar refractivity (Wildman–Crippen MR) is 76.2 cm³/mol. The van der Waals surface area contributed by atoms with Gasteiger partial charge in [-0.2, -0.15) is 0 Å². The lowest BCUT2D eigenvalue weighted by atomic mass is 10.1. The molecule has 1 amide bonds. The number of hydrogen-bond donors (Lipinski definition) is 1. The maximum Gasteiger partial charge on any atom is 0.253 e. The van der Waals surface area contributed by atoms with Gasteiger partial charge in [0.25, 0.3) is 5.91 Å². The van der Waals surface area contributed by atoms with Gasteiger partial charge in [0.2, 0.25) is 0 Å². The summed E-state index contributed by atoms with van der Waals surface area (Å²) in [7, 11) is 1.96. The summed E-state index contributed by atoms with van der Waals surface area (Å²) in [5.41, 5.74) is 0.804. The van der Waals surface area contributed by atoms with Crippen LogP contribution in [0.25, 0.3) is 0 Å². The summed E-state index contributed by atoms with van der Waals surface area (Å²) in [4.78, 5) is 15.5. The molecule has 1 aromatic rings. The van der Waals surface area contributed by atoms with E-state index >= 15 is 0 Å². The predicted octanol–water partition coefficient (Wildman–Crippen LogP) is 2.09. The average Bonchev–Trinajstić information content (AvgIpc) is 2.87. The molecule has 1 aliphatic heterocycles. The van der Waals surface area contributed by atoms with Crippen LogP contribution in [0.15, 0.2) is 29.2 Å². The van der Waals surface area contributed by atoms with E-state index in [2.05, 4.69) is 5.32 Å². The standard InChI is InChI=1S/C14H20N2OS/c1-15-9-11-7-8-16(10-11)14(17)12-3-5-13(18-2)6-4-12/h3-6,11,15H,7-10H2,1-2H3. The summed E-state index contributed by atoms with van der Waals surface area (Å²) in [6.45, 7) is 2.76. The molecule has 1 unspecified atom stereocenters. The molecule has 18 heavy (non-hydrogen) atoms. The third kappa shape index (κ3) is 3.06. The van der Waals surface area contributed by atoms with E-state index in [1.807, 2.05) is 42.5 Å². The van der Waals surface area contributed by atoms with Gasteiger partial charge in [-0.3, -0.25) is 4.79 Å². The molecule has 4 heteroatoms. The number of nitrogens with zero attached hydrogens (tertiary/aromatic N) is 1. The van der Waals surface area contributed by atoms with Gasteiger partial charge in [-0.25, -0.2) is 0 Å². The molecule has 0 aliphatic carbocycles. The van der Waals surface area contributed by atoms with E-state index in [-0.39, 0.29) is 5.91 Å². The van der Waals surface area contributed by atoms with Crippen molar-refractivity contribution in [3.05, 3.63) is 29.8 Å². The maximum atomic E-state index is 12.3. The van der Waals surface area contributed by atoms with Crippen LogP contribution in [0.5, 0.6) is 0 Å². The molecule has 0 bridgehead atoms. The van der Waals surface area contributed by atoms with Crippen molar-refractivity contribution >= 4 is 17.7 Å². The fourth-order valence-electron chi connectivity index (χ4n) is 2.39. The fraction of sp³-hybridized carbons (Fsp3) is 0.500. The summed E-state index contributed by atoms with van der Waals surface area (Å²) >= 11 is 1.70. The van der Waals surface area contributed by atoms with Gasteiger partial charge in [0.05, 0.1) is 0 Å². The zero-order chi connectivity index (χ0) is 13.0. The second kappa shape index (κ2) is 6.25. The van der Waals surface area contributed by atoms with Crippen molar-refractivity contribution in [2.45, 2.75) is 11.3 Å². The van der Waals surface area contributed by atoms with Gasteiger partial charge in [0.15, 0.2) is 0 Å². The van der Waals surface area contributed by atoms with Gasteiger partial charge in [-0.15, -0.1) is 11.8 Å². The number of hydrogen-bond acceptors (Lipinski definition) is 3. The summed E-state index contributed by atoms with van der Waals surface area (Å²) in [5.74, 6) is 0.769. The second-order valence-corrected chi connectivity index (χ2v) is 5.57. The van der Waals surface area contributed by atoms with Crippen molar-refractivity contribution in [1.29, 1.82) is 0 Å². The minimum absolute atomic E-state index is 0.168. The molecule has 0 spiro atoms. The van der Waals surface area contributed by atoms with E-state index in [0.29, 0.717) is 5.92 Å². The Balaban J connectivity index is 1.98. The molecule has 98 valence electrons. The minimum Gasteiger partial charge on any atom is -0.338 e. The van der Waals surface area contributed by atoms with Gasteiger partial charge in [0, 0.05) is 23.5 Å². The zero-order valence-electron chi connectivity index (χ0n) is 11.0. The van der Waals surface area contributed by atoms with E-state index in [1.165, 1.54) is 4.90 Å². The molecule has 0 saturated carbocycles. The first kappa shape index (κ1) is 13.4. The van der Waals surface area contributed by atoms with Crippen LogP contribution in [0.3, 0.4) is 0 Å². The monoisotopic (exact) mass is 264 g/mol. The van der Waals surface area contributed by atoms with Crippen LogP contribution in [0.2, 0.25) is 0 Å². The highest BCUT2D eigenvalue weighted by Crippen LogP contribution is 2.20. The fourth-order valence-corrected chi connectivity index (χ4v) is 2.80. The van der Waals surface area contributed by atoms with Crippen LogP contribution in [0.1, 0.15) is 16.8 Å². The van der Waals surface area contributed by atoms with Gasteiger partial charge in [-0.1, -0.05) is 0 Å². The maximum absolute atomic E-state index is 12.3. The van der Waals surface area contributed by atoms with E-state index in [0.717, 1.165) is 31.6 Å². The molecule has 2 rings (SSSR count). The van der Waals surface area contributed by atoms with Crippen LogP contribution in [-0.4, -0.2) is 43.7 Å². The molecule has 0 aromatic heterocycles. The van der Waals surface area contributed by atoms with Crippen molar-refractivity contribution in [3.8, 4) is 0 Å². The highest BCUT2D eigenvalue weighted by molar-refractivity contribution is 7.98. The smallest absolute Gasteiger partial charge is 0.253 e. The summed E-state index contributed by atoms with van der Waals surface area (Å²) in [6, 6.07) is 7.89. The number of carbonyl (C=O) groups excluding carboxylic acids is 1. The van der Waals surface area contributed by atoms with E-state index in [1.54, 1.807) is 11.8 Å². The third-order valence-corrected chi connectivity index (χ3v) is 4.15. The largest absolute Gasteiger partial charge is 0.338 e. The molecule has 0 radical (unpaired) electrons. The average molecular weight is 264 g/mol. The van der Waals surface area contributed by atoms with Gasteiger partial charge in [0.1, 0.15) is 0 Å². The molecule has 1 N–H and O–H groups in total. The van der Waals surface area contributed by atoms with Crippen LogP contribution in [-0.2, 0) is 0 Å². The van der Waals surface area contributed by atoms with Gasteiger partial charge < -0.3 is 10.2 Å². The van der Waals surface area contributed by atoms with Crippen LogP contribution >= 0.6 is 11.8 Å². The topological polar surface area (TPSA) is 32.3 Å². The lowest BCUT2D eigenvalue weighted by Gasteiger charge is -2.16. The normalized spacial score (nSPS) is 19.2. The number of carbonyl (C=O) groups is 1. The number of thioether (sulfide) groups is 1. The Hall–Kier alpha value is -1.00. The molecule has 1 heterocycles. The zero-order valence-corrected chi connectivity index (χ0v) is 11.8. The Kier molecular flexibility index (Phi) is 4.66. The number of likely N-dealkylation sites (tertiary alicyclic amines) is 1. The molecule has 1 atom stereocenters. The summed E-state index contributed by atoms with van der Waals surface area (Å²) < 4.78 is 0. The van der Waals surface area contributed by atoms with Crippen molar-refractivity contribution in [2.24, 2.45) is 5.92 Å². The van der Waals surface area contributed by atoms with Crippen LogP contribution in [0, 0.1) is 5.92 Å². The Morgan fingerprint density at radius 3 is 2.78 bits per heavy atom. The molecule has 1 aliphatic rings. The first-order valence-corrected chi connectivity index (χ1v) is 7.55.